The van der Waals surface area contributed by atoms with Gasteiger partial charge in [0.05, 0.1) is 24.5 Å². The number of ether oxygens (including phenoxy) is 1. The third-order valence-electron chi connectivity index (χ3n) is 5.83. The second-order valence-corrected chi connectivity index (χ2v) is 10.1. The van der Waals surface area contributed by atoms with Gasteiger partial charge in [0.25, 0.3) is 5.56 Å². The van der Waals surface area contributed by atoms with Gasteiger partial charge in [-0.3, -0.25) is 19.1 Å². The molecule has 0 atom stereocenters. The van der Waals surface area contributed by atoms with Crippen LogP contribution in [0.15, 0.2) is 76.7 Å². The summed E-state index contributed by atoms with van der Waals surface area (Å²) in [5, 5.41) is 0.590. The molecule has 0 aliphatic carbocycles. The molecule has 1 aliphatic heterocycles. The molecule has 34 heavy (non-hydrogen) atoms. The SMILES string of the molecule is O=C(CSc1nc2cc(-c3ccccc3)sc2c(=O)n1CCN1CCOCC1)c1ccccc1. The van der Waals surface area contributed by atoms with Crippen LogP contribution in [0.4, 0.5) is 0 Å². The van der Waals surface area contributed by atoms with Crippen molar-refractivity contribution in [2.45, 2.75) is 11.7 Å². The Morgan fingerprint density at radius 1 is 1.00 bits per heavy atom. The van der Waals surface area contributed by atoms with Crippen LogP contribution >= 0.6 is 23.1 Å². The number of morpholine rings is 1. The number of fused-ring (bicyclic) bond motifs is 1. The Labute approximate surface area is 206 Å². The number of carbonyl (C=O) groups excluding carboxylic acids is 1. The highest BCUT2D eigenvalue weighted by atomic mass is 32.2. The molecule has 3 heterocycles. The maximum atomic E-state index is 13.6. The van der Waals surface area contributed by atoms with Crippen molar-refractivity contribution in [3.63, 3.8) is 0 Å². The minimum absolute atomic E-state index is 0.0231. The molecule has 4 aromatic rings. The van der Waals surface area contributed by atoms with E-state index in [2.05, 4.69) is 4.90 Å². The molecule has 2 aromatic carbocycles. The molecule has 1 saturated heterocycles. The largest absolute Gasteiger partial charge is 0.379 e. The van der Waals surface area contributed by atoms with E-state index < -0.39 is 0 Å². The minimum Gasteiger partial charge on any atom is -0.379 e. The predicted molar refractivity (Wildman–Crippen MR) is 138 cm³/mol. The lowest BCUT2D eigenvalue weighted by atomic mass is 10.2. The van der Waals surface area contributed by atoms with E-state index in [1.807, 2.05) is 66.7 Å². The molecule has 0 radical (unpaired) electrons. The van der Waals surface area contributed by atoms with Crippen LogP contribution in [-0.2, 0) is 11.3 Å². The van der Waals surface area contributed by atoms with Crippen molar-refractivity contribution in [3.8, 4) is 10.4 Å². The van der Waals surface area contributed by atoms with Crippen molar-refractivity contribution < 1.29 is 9.53 Å². The molecule has 0 unspecified atom stereocenters. The van der Waals surface area contributed by atoms with Crippen LogP contribution in [0.25, 0.3) is 20.7 Å². The third-order valence-corrected chi connectivity index (χ3v) is 7.97. The van der Waals surface area contributed by atoms with Crippen molar-refractivity contribution in [2.75, 3.05) is 38.6 Å². The van der Waals surface area contributed by atoms with Gasteiger partial charge in [-0.05, 0) is 11.6 Å². The maximum Gasteiger partial charge on any atom is 0.272 e. The first-order chi connectivity index (χ1) is 16.7. The number of hydrogen-bond acceptors (Lipinski definition) is 7. The summed E-state index contributed by atoms with van der Waals surface area (Å²) in [5.41, 5.74) is 2.38. The molecule has 0 bridgehead atoms. The van der Waals surface area contributed by atoms with Gasteiger partial charge >= 0.3 is 0 Å². The average Bonchev–Trinajstić information content (AvgIpc) is 3.33. The van der Waals surface area contributed by atoms with Gasteiger partial charge in [0.15, 0.2) is 10.9 Å². The summed E-state index contributed by atoms with van der Waals surface area (Å²) in [6.07, 6.45) is 0. The number of hydrogen-bond donors (Lipinski definition) is 0. The summed E-state index contributed by atoms with van der Waals surface area (Å²) >= 11 is 2.81. The van der Waals surface area contributed by atoms with E-state index in [4.69, 9.17) is 9.72 Å². The number of thiophene rings is 1. The Kier molecular flexibility index (Phi) is 7.20. The van der Waals surface area contributed by atoms with E-state index in [-0.39, 0.29) is 17.1 Å². The summed E-state index contributed by atoms with van der Waals surface area (Å²) in [7, 11) is 0. The number of carbonyl (C=O) groups is 1. The lowest BCUT2D eigenvalue weighted by Gasteiger charge is -2.27. The Bertz CT molecular complexity index is 1330. The van der Waals surface area contributed by atoms with Crippen LogP contribution in [0, 0.1) is 0 Å². The van der Waals surface area contributed by atoms with Crippen LogP contribution in [0.3, 0.4) is 0 Å². The number of benzene rings is 2. The zero-order chi connectivity index (χ0) is 23.3. The maximum absolute atomic E-state index is 13.6. The zero-order valence-corrected chi connectivity index (χ0v) is 20.3. The Morgan fingerprint density at radius 3 is 2.44 bits per heavy atom. The van der Waals surface area contributed by atoms with Crippen LogP contribution in [0.5, 0.6) is 0 Å². The number of Topliss-reactive ketones (excluding diaryl/α,β-unsaturated/α-hetero) is 1. The van der Waals surface area contributed by atoms with E-state index in [9.17, 15) is 9.59 Å². The van der Waals surface area contributed by atoms with Crippen LogP contribution in [-0.4, -0.2) is 58.8 Å². The van der Waals surface area contributed by atoms with Gasteiger partial charge in [0.1, 0.15) is 4.70 Å². The molecule has 5 rings (SSSR count). The van der Waals surface area contributed by atoms with Gasteiger partial charge < -0.3 is 4.74 Å². The fraction of sp³-hybridized carbons (Fsp3) is 0.269. The number of rotatable bonds is 8. The number of aromatic nitrogens is 2. The van der Waals surface area contributed by atoms with E-state index in [0.717, 1.165) is 30.1 Å². The quantitative estimate of drug-likeness (QED) is 0.206. The number of nitrogens with zero attached hydrogens (tertiary/aromatic N) is 3. The van der Waals surface area contributed by atoms with E-state index in [1.165, 1.54) is 23.1 Å². The van der Waals surface area contributed by atoms with E-state index in [0.29, 0.717) is 40.7 Å². The second-order valence-electron chi connectivity index (χ2n) is 8.07. The topological polar surface area (TPSA) is 64.4 Å². The highest BCUT2D eigenvalue weighted by molar-refractivity contribution is 7.99. The average molecular weight is 492 g/mol. The molecule has 0 saturated carbocycles. The lowest BCUT2D eigenvalue weighted by Crippen LogP contribution is -2.39. The number of ketones is 1. The fourth-order valence-electron chi connectivity index (χ4n) is 3.95. The summed E-state index contributed by atoms with van der Waals surface area (Å²) < 4.78 is 7.84. The highest BCUT2D eigenvalue weighted by Gasteiger charge is 2.18. The summed E-state index contributed by atoms with van der Waals surface area (Å²) in [4.78, 5) is 34.5. The van der Waals surface area contributed by atoms with E-state index in [1.54, 1.807) is 4.57 Å². The van der Waals surface area contributed by atoms with Crippen LogP contribution in [0.1, 0.15) is 10.4 Å². The van der Waals surface area contributed by atoms with Crippen molar-refractivity contribution >= 4 is 39.1 Å². The Morgan fingerprint density at radius 2 is 1.71 bits per heavy atom. The Hall–Kier alpha value is -2.78. The Balaban J connectivity index is 1.46. The summed E-state index contributed by atoms with van der Waals surface area (Å²) in [6, 6.07) is 21.3. The zero-order valence-electron chi connectivity index (χ0n) is 18.7. The molecule has 1 aliphatic rings. The molecule has 8 heteroatoms. The molecule has 0 N–H and O–H groups in total. The second kappa shape index (κ2) is 10.7. The van der Waals surface area contributed by atoms with Crippen molar-refractivity contribution in [1.29, 1.82) is 0 Å². The summed E-state index contributed by atoms with van der Waals surface area (Å²) in [5.74, 6) is 0.254. The van der Waals surface area contributed by atoms with Crippen LogP contribution < -0.4 is 5.56 Å². The molecule has 174 valence electrons. The molecular formula is C26H25N3O3S2. The first-order valence-corrected chi connectivity index (χ1v) is 13.1. The monoisotopic (exact) mass is 491 g/mol. The fourth-order valence-corrected chi connectivity index (χ4v) is 5.92. The van der Waals surface area contributed by atoms with Gasteiger partial charge in [0.2, 0.25) is 0 Å². The molecule has 0 amide bonds. The van der Waals surface area contributed by atoms with Gasteiger partial charge in [0, 0.05) is 36.6 Å². The van der Waals surface area contributed by atoms with Crippen molar-refractivity contribution in [3.05, 3.63) is 82.6 Å². The molecule has 6 nitrogen and oxygen atoms in total. The summed E-state index contributed by atoms with van der Waals surface area (Å²) in [6.45, 7) is 4.42. The minimum atomic E-state index is -0.0416. The van der Waals surface area contributed by atoms with Crippen molar-refractivity contribution in [2.24, 2.45) is 0 Å². The lowest BCUT2D eigenvalue weighted by molar-refractivity contribution is 0.0359. The van der Waals surface area contributed by atoms with Gasteiger partial charge in [-0.1, -0.05) is 72.4 Å². The van der Waals surface area contributed by atoms with Crippen LogP contribution in [0.2, 0.25) is 0 Å². The molecule has 2 aromatic heterocycles. The number of thioether (sulfide) groups is 1. The molecule has 1 fully saturated rings. The van der Waals surface area contributed by atoms with Gasteiger partial charge in [-0.2, -0.15) is 0 Å². The first-order valence-electron chi connectivity index (χ1n) is 11.3. The first kappa shape index (κ1) is 23.0. The van der Waals surface area contributed by atoms with E-state index >= 15 is 0 Å². The molecule has 0 spiro atoms. The highest BCUT2D eigenvalue weighted by Crippen LogP contribution is 2.32. The van der Waals surface area contributed by atoms with Gasteiger partial charge in [-0.15, -0.1) is 11.3 Å². The molecular weight excluding hydrogens is 466 g/mol. The predicted octanol–water partition coefficient (Wildman–Crippen LogP) is 4.43. The normalized spacial score (nSPS) is 14.5. The standard InChI is InChI=1S/C26H25N3O3S2/c30-22(19-7-3-1-4-8-19)18-33-26-27-21-17-23(20-9-5-2-6-10-20)34-24(21)25(31)29(26)12-11-28-13-15-32-16-14-28/h1-10,17H,11-16,18H2. The smallest absolute Gasteiger partial charge is 0.272 e. The third kappa shape index (κ3) is 5.15. The van der Waals surface area contributed by atoms with Gasteiger partial charge in [-0.25, -0.2) is 4.98 Å². The van der Waals surface area contributed by atoms with Crippen molar-refractivity contribution in [1.82, 2.24) is 14.5 Å².